The van der Waals surface area contributed by atoms with Crippen molar-refractivity contribution in [2.24, 2.45) is 5.73 Å². The molecular weight excluding hydrogens is 206 g/mol. The van der Waals surface area contributed by atoms with E-state index < -0.39 is 36.0 Å². The van der Waals surface area contributed by atoms with Gasteiger partial charge in [0.15, 0.2) is 18.2 Å². The van der Waals surface area contributed by atoms with Gasteiger partial charge in [-0.3, -0.25) is 0 Å². The minimum atomic E-state index is -1.01. The SMILES string of the molecule is NCC1OC[C@@H]([C@H]2OC(=O)C(O)=C2O)O1. The minimum absolute atomic E-state index is 0.150. The largest absolute Gasteiger partial charge is 0.505 e. The molecule has 0 aromatic heterocycles. The van der Waals surface area contributed by atoms with Crippen molar-refractivity contribution < 1.29 is 29.2 Å². The second kappa shape index (κ2) is 3.69. The van der Waals surface area contributed by atoms with E-state index in [-0.39, 0.29) is 13.2 Å². The summed E-state index contributed by atoms with van der Waals surface area (Å²) < 4.78 is 15.0. The van der Waals surface area contributed by atoms with Gasteiger partial charge in [0.05, 0.1) is 6.61 Å². The van der Waals surface area contributed by atoms with Crippen LogP contribution < -0.4 is 5.73 Å². The van der Waals surface area contributed by atoms with Gasteiger partial charge in [-0.25, -0.2) is 4.79 Å². The lowest BCUT2D eigenvalue weighted by molar-refractivity contribution is -0.148. The fourth-order valence-corrected chi connectivity index (χ4v) is 1.48. The third kappa shape index (κ3) is 1.65. The predicted molar refractivity (Wildman–Crippen MR) is 45.8 cm³/mol. The summed E-state index contributed by atoms with van der Waals surface area (Å²) in [5.41, 5.74) is 5.30. The lowest BCUT2D eigenvalue weighted by Crippen LogP contribution is -2.32. The summed E-state index contributed by atoms with van der Waals surface area (Å²) in [7, 11) is 0. The maximum Gasteiger partial charge on any atom is 0.377 e. The van der Waals surface area contributed by atoms with E-state index in [4.69, 9.17) is 25.1 Å². The van der Waals surface area contributed by atoms with Gasteiger partial charge in [0.2, 0.25) is 5.76 Å². The number of ether oxygens (including phenoxy) is 3. The minimum Gasteiger partial charge on any atom is -0.505 e. The van der Waals surface area contributed by atoms with Crippen molar-refractivity contribution in [2.75, 3.05) is 13.2 Å². The molecule has 0 aromatic rings. The van der Waals surface area contributed by atoms with Crippen LogP contribution in [0.5, 0.6) is 0 Å². The van der Waals surface area contributed by atoms with Crippen molar-refractivity contribution in [2.45, 2.75) is 18.5 Å². The summed E-state index contributed by atoms with van der Waals surface area (Å²) >= 11 is 0. The Bertz CT molecular complexity index is 314. The summed E-state index contributed by atoms with van der Waals surface area (Å²) in [5, 5.41) is 18.4. The number of hydrogen-bond acceptors (Lipinski definition) is 7. The third-order valence-corrected chi connectivity index (χ3v) is 2.24. The third-order valence-electron chi connectivity index (χ3n) is 2.24. The van der Waals surface area contributed by atoms with Crippen LogP contribution in [0.15, 0.2) is 11.5 Å². The molecule has 0 radical (unpaired) electrons. The van der Waals surface area contributed by atoms with E-state index in [2.05, 4.69) is 0 Å². The van der Waals surface area contributed by atoms with Crippen LogP contribution in [-0.4, -0.2) is 47.8 Å². The highest BCUT2D eigenvalue weighted by Gasteiger charge is 2.43. The van der Waals surface area contributed by atoms with E-state index in [0.717, 1.165) is 0 Å². The van der Waals surface area contributed by atoms with Gasteiger partial charge in [-0.2, -0.15) is 0 Å². The first kappa shape index (κ1) is 10.2. The number of rotatable bonds is 2. The smallest absolute Gasteiger partial charge is 0.377 e. The van der Waals surface area contributed by atoms with Crippen LogP contribution in [0.3, 0.4) is 0 Å². The summed E-state index contributed by atoms with van der Waals surface area (Å²) in [6.45, 7) is 0.324. The summed E-state index contributed by atoms with van der Waals surface area (Å²) in [4.78, 5) is 10.9. The molecule has 2 rings (SSSR count). The fraction of sp³-hybridized carbons (Fsp3) is 0.625. The number of nitrogens with two attached hydrogens (primary N) is 1. The molecule has 2 heterocycles. The van der Waals surface area contributed by atoms with E-state index in [0.29, 0.717) is 0 Å². The summed E-state index contributed by atoms with van der Waals surface area (Å²) in [5.74, 6) is -2.26. The van der Waals surface area contributed by atoms with Gasteiger partial charge in [-0.1, -0.05) is 0 Å². The number of carbonyl (C=O) groups is 1. The maximum atomic E-state index is 10.9. The van der Waals surface area contributed by atoms with Gasteiger partial charge in [0.1, 0.15) is 6.10 Å². The van der Waals surface area contributed by atoms with Crippen molar-refractivity contribution in [3.63, 3.8) is 0 Å². The zero-order chi connectivity index (χ0) is 11.0. The molecule has 7 heteroatoms. The van der Waals surface area contributed by atoms with E-state index >= 15 is 0 Å². The number of hydrogen-bond donors (Lipinski definition) is 3. The normalized spacial score (nSPS) is 36.1. The number of esters is 1. The Hall–Kier alpha value is -1.31. The monoisotopic (exact) mass is 217 g/mol. The lowest BCUT2D eigenvalue weighted by atomic mass is 10.2. The van der Waals surface area contributed by atoms with Crippen LogP contribution in [0.2, 0.25) is 0 Å². The quantitative estimate of drug-likeness (QED) is 0.505. The molecule has 4 N–H and O–H groups in total. The molecule has 1 fully saturated rings. The Morgan fingerprint density at radius 3 is 2.67 bits per heavy atom. The maximum absolute atomic E-state index is 10.9. The van der Waals surface area contributed by atoms with Gasteiger partial charge >= 0.3 is 5.97 Å². The molecule has 3 atom stereocenters. The van der Waals surface area contributed by atoms with Gasteiger partial charge in [-0.05, 0) is 0 Å². The van der Waals surface area contributed by atoms with Crippen molar-refractivity contribution in [1.82, 2.24) is 0 Å². The van der Waals surface area contributed by atoms with Crippen molar-refractivity contribution in [3.05, 3.63) is 11.5 Å². The molecule has 84 valence electrons. The molecule has 0 aromatic carbocycles. The van der Waals surface area contributed by atoms with Crippen LogP contribution in [0.1, 0.15) is 0 Å². The van der Waals surface area contributed by atoms with Gasteiger partial charge in [0, 0.05) is 6.54 Å². The van der Waals surface area contributed by atoms with Crippen LogP contribution in [0, 0.1) is 0 Å². The highest BCUT2D eigenvalue weighted by Crippen LogP contribution is 2.26. The van der Waals surface area contributed by atoms with Crippen LogP contribution in [-0.2, 0) is 19.0 Å². The number of aliphatic hydroxyl groups is 2. The second-order valence-electron chi connectivity index (χ2n) is 3.23. The lowest BCUT2D eigenvalue weighted by Gasteiger charge is -2.15. The number of carbonyl (C=O) groups excluding carboxylic acids is 1. The number of cyclic esters (lactones) is 1. The highest BCUT2D eigenvalue weighted by molar-refractivity contribution is 5.89. The molecule has 0 amide bonds. The molecule has 0 aliphatic carbocycles. The van der Waals surface area contributed by atoms with E-state index in [9.17, 15) is 9.90 Å². The fourth-order valence-electron chi connectivity index (χ4n) is 1.48. The summed E-state index contributed by atoms with van der Waals surface area (Å²) in [6, 6.07) is 0. The van der Waals surface area contributed by atoms with Crippen LogP contribution in [0.25, 0.3) is 0 Å². The van der Waals surface area contributed by atoms with Gasteiger partial charge in [0.25, 0.3) is 0 Å². The standard InChI is InChI=1S/C8H11NO6/c9-1-4-13-2-3(14-4)7-5(10)6(11)8(12)15-7/h3-4,7,10-11H,1-2,9H2/t3-,4?,7+/m0/s1. The molecule has 2 aliphatic rings. The zero-order valence-corrected chi connectivity index (χ0v) is 7.75. The van der Waals surface area contributed by atoms with Crippen molar-refractivity contribution in [1.29, 1.82) is 0 Å². The Kier molecular flexibility index (Phi) is 2.51. The molecule has 1 unspecified atom stereocenters. The highest BCUT2D eigenvalue weighted by atomic mass is 16.7. The average molecular weight is 217 g/mol. The van der Waals surface area contributed by atoms with Gasteiger partial charge in [-0.15, -0.1) is 0 Å². The first-order valence-electron chi connectivity index (χ1n) is 4.43. The molecule has 0 bridgehead atoms. The topological polar surface area (TPSA) is 111 Å². The zero-order valence-electron chi connectivity index (χ0n) is 7.75. The van der Waals surface area contributed by atoms with E-state index in [1.165, 1.54) is 0 Å². The molecule has 7 nitrogen and oxygen atoms in total. The van der Waals surface area contributed by atoms with E-state index in [1.54, 1.807) is 0 Å². The molecule has 0 saturated carbocycles. The molecule has 0 spiro atoms. The van der Waals surface area contributed by atoms with Crippen molar-refractivity contribution in [3.8, 4) is 0 Å². The van der Waals surface area contributed by atoms with Crippen LogP contribution in [0.4, 0.5) is 0 Å². The first-order chi connectivity index (χ1) is 7.13. The second-order valence-corrected chi connectivity index (χ2v) is 3.23. The molecule has 2 aliphatic heterocycles. The van der Waals surface area contributed by atoms with Crippen molar-refractivity contribution >= 4 is 5.97 Å². The van der Waals surface area contributed by atoms with Gasteiger partial charge < -0.3 is 30.2 Å². The molecular formula is C8H11NO6. The Labute approximate surface area is 85.0 Å². The molecule has 1 saturated heterocycles. The Balaban J connectivity index is 2.05. The Morgan fingerprint density at radius 2 is 2.20 bits per heavy atom. The number of aliphatic hydroxyl groups excluding tert-OH is 2. The van der Waals surface area contributed by atoms with E-state index in [1.807, 2.05) is 0 Å². The first-order valence-corrected chi connectivity index (χ1v) is 4.43. The van der Waals surface area contributed by atoms with Crippen LogP contribution >= 0.6 is 0 Å². The predicted octanol–water partition coefficient (Wildman–Crippen LogP) is -1.06. The Morgan fingerprint density at radius 1 is 1.47 bits per heavy atom. The average Bonchev–Trinajstić information content (AvgIpc) is 2.79. The summed E-state index contributed by atoms with van der Waals surface area (Å²) in [6.07, 6.45) is -2.20. The molecule has 15 heavy (non-hydrogen) atoms.